The lowest BCUT2D eigenvalue weighted by Gasteiger charge is -2.02. The molecule has 1 N–H and O–H groups in total. The molecule has 90 valence electrons. The Hall–Kier alpha value is -2.61. The molecule has 5 nitrogen and oxygen atoms in total. The van der Waals surface area contributed by atoms with E-state index in [0.717, 1.165) is 0 Å². The van der Waals surface area contributed by atoms with Gasteiger partial charge in [0.2, 0.25) is 0 Å². The topological polar surface area (TPSA) is 78.9 Å². The van der Waals surface area contributed by atoms with Crippen LogP contribution in [0.3, 0.4) is 0 Å². The zero-order valence-electron chi connectivity index (χ0n) is 9.80. The molecule has 2 rings (SSSR count). The molecule has 0 aliphatic carbocycles. The van der Waals surface area contributed by atoms with Gasteiger partial charge in [-0.3, -0.25) is 4.79 Å². The average Bonchev–Trinajstić information content (AvgIpc) is 2.82. The van der Waals surface area contributed by atoms with Crippen molar-refractivity contribution < 1.29 is 9.32 Å². The van der Waals surface area contributed by atoms with Gasteiger partial charge in [-0.1, -0.05) is 5.16 Å². The average molecular weight is 241 g/mol. The van der Waals surface area contributed by atoms with E-state index in [0.29, 0.717) is 29.1 Å². The van der Waals surface area contributed by atoms with Gasteiger partial charge in [0.25, 0.3) is 5.91 Å². The lowest BCUT2D eigenvalue weighted by molar-refractivity contribution is 0.0950. The SMILES string of the molecule is Cc1cc(CNC(=O)c2ccc(C#N)cc2)no1. The summed E-state index contributed by atoms with van der Waals surface area (Å²) in [6.45, 7) is 2.11. The second-order valence-corrected chi connectivity index (χ2v) is 3.80. The Morgan fingerprint density at radius 2 is 2.17 bits per heavy atom. The molecular weight excluding hydrogens is 230 g/mol. The monoisotopic (exact) mass is 241 g/mol. The van der Waals surface area contributed by atoms with Crippen LogP contribution in [0.5, 0.6) is 0 Å². The van der Waals surface area contributed by atoms with Crippen molar-refractivity contribution in [3.8, 4) is 6.07 Å². The second kappa shape index (κ2) is 5.15. The summed E-state index contributed by atoms with van der Waals surface area (Å²) in [5.41, 5.74) is 1.71. The molecular formula is C13H11N3O2. The number of nitrogens with one attached hydrogen (secondary N) is 1. The van der Waals surface area contributed by atoms with Crippen molar-refractivity contribution in [2.24, 2.45) is 0 Å². The highest BCUT2D eigenvalue weighted by atomic mass is 16.5. The maximum atomic E-state index is 11.8. The number of aryl methyl sites for hydroxylation is 1. The predicted octanol–water partition coefficient (Wildman–Crippen LogP) is 1.78. The highest BCUT2D eigenvalue weighted by molar-refractivity contribution is 5.94. The summed E-state index contributed by atoms with van der Waals surface area (Å²) in [7, 11) is 0. The first kappa shape index (κ1) is 11.9. The van der Waals surface area contributed by atoms with Crippen molar-refractivity contribution in [1.82, 2.24) is 10.5 Å². The van der Waals surface area contributed by atoms with Gasteiger partial charge in [-0.25, -0.2) is 0 Å². The number of aromatic nitrogens is 1. The Balaban J connectivity index is 1.97. The molecule has 0 aliphatic heterocycles. The summed E-state index contributed by atoms with van der Waals surface area (Å²) in [5.74, 6) is 0.498. The van der Waals surface area contributed by atoms with Gasteiger partial charge < -0.3 is 9.84 Å². The lowest BCUT2D eigenvalue weighted by atomic mass is 10.1. The van der Waals surface area contributed by atoms with Crippen LogP contribution in [0.1, 0.15) is 27.4 Å². The van der Waals surface area contributed by atoms with Gasteiger partial charge in [0, 0.05) is 11.6 Å². The Morgan fingerprint density at radius 1 is 1.44 bits per heavy atom. The predicted molar refractivity (Wildman–Crippen MR) is 63.6 cm³/mol. The van der Waals surface area contributed by atoms with Crippen LogP contribution in [0, 0.1) is 18.3 Å². The van der Waals surface area contributed by atoms with Crippen molar-refractivity contribution in [1.29, 1.82) is 5.26 Å². The van der Waals surface area contributed by atoms with Gasteiger partial charge in [-0.05, 0) is 31.2 Å². The molecule has 0 spiro atoms. The summed E-state index contributed by atoms with van der Waals surface area (Å²) >= 11 is 0. The lowest BCUT2D eigenvalue weighted by Crippen LogP contribution is -2.22. The van der Waals surface area contributed by atoms with E-state index >= 15 is 0 Å². The molecule has 18 heavy (non-hydrogen) atoms. The first-order valence-corrected chi connectivity index (χ1v) is 5.39. The molecule has 0 saturated carbocycles. The number of hydrogen-bond acceptors (Lipinski definition) is 4. The molecule has 0 unspecified atom stereocenters. The Bertz CT molecular complexity index is 593. The first-order chi connectivity index (χ1) is 8.69. The van der Waals surface area contributed by atoms with Crippen molar-refractivity contribution in [3.05, 3.63) is 52.9 Å². The minimum Gasteiger partial charge on any atom is -0.361 e. The molecule has 0 radical (unpaired) electrons. The Kier molecular flexibility index (Phi) is 3.39. The van der Waals surface area contributed by atoms with Crippen LogP contribution < -0.4 is 5.32 Å². The molecule has 1 aromatic heterocycles. The highest BCUT2D eigenvalue weighted by Gasteiger charge is 2.06. The molecule has 2 aromatic rings. The van der Waals surface area contributed by atoms with Crippen LogP contribution >= 0.6 is 0 Å². The summed E-state index contributed by atoms with van der Waals surface area (Å²) in [6.07, 6.45) is 0. The van der Waals surface area contributed by atoms with E-state index < -0.39 is 0 Å². The molecule has 0 bridgehead atoms. The standard InChI is InChI=1S/C13H11N3O2/c1-9-6-12(16-18-9)8-15-13(17)11-4-2-10(7-14)3-5-11/h2-6H,8H2,1H3,(H,15,17). The van der Waals surface area contributed by atoms with Gasteiger partial charge >= 0.3 is 0 Å². The van der Waals surface area contributed by atoms with Gasteiger partial charge in [-0.15, -0.1) is 0 Å². The first-order valence-electron chi connectivity index (χ1n) is 5.39. The molecule has 5 heteroatoms. The van der Waals surface area contributed by atoms with E-state index in [-0.39, 0.29) is 5.91 Å². The number of nitrogens with zero attached hydrogens (tertiary/aromatic N) is 2. The van der Waals surface area contributed by atoms with E-state index in [1.165, 1.54) is 0 Å². The van der Waals surface area contributed by atoms with Crippen LogP contribution in [0.4, 0.5) is 0 Å². The molecule has 0 aliphatic rings. The summed E-state index contributed by atoms with van der Waals surface area (Å²) in [4.78, 5) is 11.8. The number of amides is 1. The van der Waals surface area contributed by atoms with Gasteiger partial charge in [0.15, 0.2) is 0 Å². The van der Waals surface area contributed by atoms with Crippen LogP contribution in [-0.4, -0.2) is 11.1 Å². The van der Waals surface area contributed by atoms with E-state index in [2.05, 4.69) is 10.5 Å². The van der Waals surface area contributed by atoms with Crippen molar-refractivity contribution >= 4 is 5.91 Å². The van der Waals surface area contributed by atoms with E-state index in [9.17, 15) is 4.79 Å². The third-order valence-electron chi connectivity index (χ3n) is 2.38. The van der Waals surface area contributed by atoms with Crippen LogP contribution in [0.25, 0.3) is 0 Å². The largest absolute Gasteiger partial charge is 0.361 e. The van der Waals surface area contributed by atoms with E-state index in [1.807, 2.05) is 6.07 Å². The Morgan fingerprint density at radius 3 is 2.72 bits per heavy atom. The molecule has 0 saturated heterocycles. The number of nitriles is 1. The minimum absolute atomic E-state index is 0.208. The number of carbonyl (C=O) groups excluding carboxylic acids is 1. The molecule has 1 heterocycles. The maximum absolute atomic E-state index is 11.8. The van der Waals surface area contributed by atoms with E-state index in [4.69, 9.17) is 9.78 Å². The number of hydrogen-bond donors (Lipinski definition) is 1. The van der Waals surface area contributed by atoms with Crippen LogP contribution in [-0.2, 0) is 6.54 Å². The van der Waals surface area contributed by atoms with Crippen molar-refractivity contribution in [2.75, 3.05) is 0 Å². The molecule has 0 fully saturated rings. The highest BCUT2D eigenvalue weighted by Crippen LogP contribution is 2.04. The zero-order chi connectivity index (χ0) is 13.0. The fraction of sp³-hybridized carbons (Fsp3) is 0.154. The normalized spacial score (nSPS) is 9.78. The number of rotatable bonds is 3. The van der Waals surface area contributed by atoms with Crippen LogP contribution in [0.15, 0.2) is 34.9 Å². The minimum atomic E-state index is -0.208. The Labute approximate surface area is 104 Å². The molecule has 0 atom stereocenters. The summed E-state index contributed by atoms with van der Waals surface area (Å²) in [5, 5.41) is 15.1. The van der Waals surface area contributed by atoms with E-state index in [1.54, 1.807) is 37.3 Å². The van der Waals surface area contributed by atoms with Crippen molar-refractivity contribution in [2.45, 2.75) is 13.5 Å². The fourth-order valence-corrected chi connectivity index (χ4v) is 1.47. The number of benzene rings is 1. The number of carbonyl (C=O) groups is 1. The van der Waals surface area contributed by atoms with Gasteiger partial charge in [0.05, 0.1) is 18.2 Å². The zero-order valence-corrected chi connectivity index (χ0v) is 9.80. The molecule has 1 amide bonds. The maximum Gasteiger partial charge on any atom is 0.251 e. The van der Waals surface area contributed by atoms with Gasteiger partial charge in [-0.2, -0.15) is 5.26 Å². The second-order valence-electron chi connectivity index (χ2n) is 3.80. The fourth-order valence-electron chi connectivity index (χ4n) is 1.47. The van der Waals surface area contributed by atoms with Crippen LogP contribution in [0.2, 0.25) is 0 Å². The molecule has 1 aromatic carbocycles. The van der Waals surface area contributed by atoms with Gasteiger partial charge in [0.1, 0.15) is 11.5 Å². The quantitative estimate of drug-likeness (QED) is 0.888. The smallest absolute Gasteiger partial charge is 0.251 e. The summed E-state index contributed by atoms with van der Waals surface area (Å²) in [6, 6.07) is 10.2. The third-order valence-corrected chi connectivity index (χ3v) is 2.38. The van der Waals surface area contributed by atoms with Crippen molar-refractivity contribution in [3.63, 3.8) is 0 Å². The third kappa shape index (κ3) is 2.74. The summed E-state index contributed by atoms with van der Waals surface area (Å²) < 4.78 is 4.90.